The highest BCUT2D eigenvalue weighted by atomic mass is 16.5. The number of nitrogens with zero attached hydrogens (tertiary/aromatic N) is 2. The van der Waals surface area contributed by atoms with Crippen molar-refractivity contribution in [1.29, 1.82) is 0 Å². The number of hydrogen-bond acceptors (Lipinski definition) is 3. The molecular weight excluding hydrogens is 262 g/mol. The number of methoxy groups -OCH3 is 1. The van der Waals surface area contributed by atoms with Crippen molar-refractivity contribution in [1.82, 2.24) is 14.9 Å². The third kappa shape index (κ3) is 4.55. The van der Waals surface area contributed by atoms with E-state index in [1.165, 1.54) is 0 Å². The van der Waals surface area contributed by atoms with Crippen molar-refractivity contribution in [3.63, 3.8) is 0 Å². The highest BCUT2D eigenvalue weighted by Crippen LogP contribution is 2.26. The van der Waals surface area contributed by atoms with E-state index in [1.54, 1.807) is 0 Å². The van der Waals surface area contributed by atoms with Crippen LogP contribution in [0.3, 0.4) is 0 Å². The molecule has 1 atom stereocenters. The molecule has 122 valence electrons. The minimum Gasteiger partial charge on any atom is -0.377 e. The van der Waals surface area contributed by atoms with Crippen LogP contribution in [0.5, 0.6) is 0 Å². The van der Waals surface area contributed by atoms with Crippen molar-refractivity contribution in [3.8, 4) is 0 Å². The highest BCUT2D eigenvalue weighted by molar-refractivity contribution is 5.02. The average molecular weight is 295 g/mol. The number of aromatic nitrogens is 2. The van der Waals surface area contributed by atoms with E-state index in [9.17, 15) is 0 Å². The molecule has 0 aliphatic heterocycles. The minimum absolute atomic E-state index is 0.113. The Morgan fingerprint density at radius 1 is 1.24 bits per heavy atom. The van der Waals surface area contributed by atoms with E-state index in [0.29, 0.717) is 6.04 Å². The van der Waals surface area contributed by atoms with E-state index >= 15 is 0 Å². The molecule has 4 heteroatoms. The first-order valence-corrected chi connectivity index (χ1v) is 8.45. The Bertz CT molecular complexity index is 377. The summed E-state index contributed by atoms with van der Waals surface area (Å²) in [4.78, 5) is 4.57. The molecule has 1 unspecified atom stereocenters. The van der Waals surface area contributed by atoms with Gasteiger partial charge in [-0.2, -0.15) is 0 Å². The molecule has 0 spiro atoms. The lowest BCUT2D eigenvalue weighted by Crippen LogP contribution is -2.53. The van der Waals surface area contributed by atoms with E-state index in [0.717, 1.165) is 51.0 Å². The maximum atomic E-state index is 5.94. The molecule has 1 aromatic rings. The zero-order valence-electron chi connectivity index (χ0n) is 14.5. The Hall–Kier alpha value is -0.870. The Morgan fingerprint density at radius 2 is 1.95 bits per heavy atom. The van der Waals surface area contributed by atoms with Gasteiger partial charge in [0.25, 0.3) is 0 Å². The highest BCUT2D eigenvalue weighted by Gasteiger charge is 2.36. The quantitative estimate of drug-likeness (QED) is 0.680. The second kappa shape index (κ2) is 9.21. The lowest BCUT2D eigenvalue weighted by atomic mass is 9.85. The van der Waals surface area contributed by atoms with Crippen molar-refractivity contribution < 1.29 is 4.74 Å². The van der Waals surface area contributed by atoms with Crippen molar-refractivity contribution in [3.05, 3.63) is 18.2 Å². The molecule has 1 aromatic heterocycles. The van der Waals surface area contributed by atoms with Crippen LogP contribution in [-0.2, 0) is 17.7 Å². The van der Waals surface area contributed by atoms with Crippen LogP contribution in [0.1, 0.15) is 59.2 Å². The van der Waals surface area contributed by atoms with Crippen LogP contribution >= 0.6 is 0 Å². The van der Waals surface area contributed by atoms with Crippen molar-refractivity contribution in [2.24, 2.45) is 0 Å². The molecule has 0 aromatic carbocycles. The van der Waals surface area contributed by atoms with Gasteiger partial charge in [0.05, 0.1) is 5.60 Å². The summed E-state index contributed by atoms with van der Waals surface area (Å²) in [7, 11) is 1.84. The van der Waals surface area contributed by atoms with Gasteiger partial charge < -0.3 is 14.6 Å². The molecule has 0 aliphatic rings. The van der Waals surface area contributed by atoms with Gasteiger partial charge in [-0.05, 0) is 32.2 Å². The number of hydrogen-bond donors (Lipinski definition) is 1. The number of ether oxygens (including phenoxy) is 1. The van der Waals surface area contributed by atoms with Gasteiger partial charge in [-0.15, -0.1) is 0 Å². The molecule has 0 aliphatic carbocycles. The standard InChI is InChI=1S/C17H33N3O/c1-6-10-18-15(17(8-3,9-4)21-5)14-16-19-11-13-20(16)12-7-2/h11,13,15,18H,6-10,12,14H2,1-5H3. The molecular formula is C17H33N3O. The van der Waals surface area contributed by atoms with Crippen LogP contribution in [0.25, 0.3) is 0 Å². The van der Waals surface area contributed by atoms with Gasteiger partial charge in [0.2, 0.25) is 0 Å². The van der Waals surface area contributed by atoms with Crippen LogP contribution < -0.4 is 5.32 Å². The smallest absolute Gasteiger partial charge is 0.110 e. The fourth-order valence-corrected chi connectivity index (χ4v) is 3.09. The summed E-state index contributed by atoms with van der Waals surface area (Å²) in [5.74, 6) is 1.16. The molecule has 0 saturated carbocycles. The lowest BCUT2D eigenvalue weighted by molar-refractivity contribution is -0.0477. The average Bonchev–Trinajstić information content (AvgIpc) is 2.94. The molecule has 0 amide bonds. The maximum Gasteiger partial charge on any atom is 0.110 e. The van der Waals surface area contributed by atoms with Crippen molar-refractivity contribution in [2.45, 2.75) is 78.0 Å². The summed E-state index contributed by atoms with van der Waals surface area (Å²) in [5.41, 5.74) is -0.113. The largest absolute Gasteiger partial charge is 0.377 e. The first-order valence-electron chi connectivity index (χ1n) is 8.45. The molecule has 4 nitrogen and oxygen atoms in total. The third-order valence-corrected chi connectivity index (χ3v) is 4.53. The third-order valence-electron chi connectivity index (χ3n) is 4.53. The number of nitrogens with one attached hydrogen (secondary N) is 1. The number of rotatable bonds is 11. The van der Waals surface area contributed by atoms with Gasteiger partial charge >= 0.3 is 0 Å². The van der Waals surface area contributed by atoms with Crippen LogP contribution in [0.2, 0.25) is 0 Å². The monoisotopic (exact) mass is 295 g/mol. The molecule has 0 saturated heterocycles. The van der Waals surface area contributed by atoms with Crippen LogP contribution in [0.15, 0.2) is 12.4 Å². The second-order valence-corrected chi connectivity index (χ2v) is 5.72. The Kier molecular flexibility index (Phi) is 7.97. The molecule has 0 fully saturated rings. The summed E-state index contributed by atoms with van der Waals surface area (Å²) in [5, 5.41) is 3.69. The second-order valence-electron chi connectivity index (χ2n) is 5.72. The van der Waals surface area contributed by atoms with Crippen LogP contribution in [0.4, 0.5) is 0 Å². The molecule has 0 radical (unpaired) electrons. The van der Waals surface area contributed by atoms with Crippen molar-refractivity contribution in [2.75, 3.05) is 13.7 Å². The summed E-state index contributed by atoms with van der Waals surface area (Å²) >= 11 is 0. The normalized spacial score (nSPS) is 13.6. The van der Waals surface area contributed by atoms with E-state index in [2.05, 4.69) is 48.8 Å². The van der Waals surface area contributed by atoms with Gasteiger partial charge in [0.15, 0.2) is 0 Å². The Labute approximate surface area is 130 Å². The maximum absolute atomic E-state index is 5.94. The predicted molar refractivity (Wildman–Crippen MR) is 88.6 cm³/mol. The SMILES string of the molecule is CCCNC(Cc1nccn1CCC)C(CC)(CC)OC. The van der Waals surface area contributed by atoms with E-state index in [4.69, 9.17) is 4.74 Å². The minimum atomic E-state index is -0.113. The predicted octanol–water partition coefficient (Wildman–Crippen LogP) is 3.41. The fraction of sp³-hybridized carbons (Fsp3) is 0.824. The van der Waals surface area contributed by atoms with E-state index in [-0.39, 0.29) is 5.60 Å². The topological polar surface area (TPSA) is 39.1 Å². The first-order chi connectivity index (χ1) is 10.2. The zero-order valence-corrected chi connectivity index (χ0v) is 14.5. The molecule has 1 heterocycles. The van der Waals surface area contributed by atoms with Gasteiger partial charge in [-0.25, -0.2) is 4.98 Å². The Balaban J connectivity index is 2.93. The zero-order chi connectivity index (χ0) is 15.7. The van der Waals surface area contributed by atoms with Gasteiger partial charge in [0, 0.05) is 38.5 Å². The molecule has 21 heavy (non-hydrogen) atoms. The fourth-order valence-electron chi connectivity index (χ4n) is 3.09. The van der Waals surface area contributed by atoms with Gasteiger partial charge in [-0.3, -0.25) is 0 Å². The van der Waals surface area contributed by atoms with Crippen LogP contribution in [-0.4, -0.2) is 34.8 Å². The molecule has 0 bridgehead atoms. The number of aryl methyl sites for hydroxylation is 1. The van der Waals surface area contributed by atoms with Crippen LogP contribution in [0, 0.1) is 0 Å². The molecule has 1 N–H and O–H groups in total. The van der Waals surface area contributed by atoms with Gasteiger partial charge in [0.1, 0.15) is 5.82 Å². The van der Waals surface area contributed by atoms with Gasteiger partial charge in [-0.1, -0.05) is 27.7 Å². The Morgan fingerprint density at radius 3 is 2.48 bits per heavy atom. The molecule has 1 rings (SSSR count). The van der Waals surface area contributed by atoms with E-state index in [1.807, 2.05) is 13.3 Å². The summed E-state index contributed by atoms with van der Waals surface area (Å²) in [6, 6.07) is 0.301. The lowest BCUT2D eigenvalue weighted by Gasteiger charge is -2.39. The van der Waals surface area contributed by atoms with Crippen molar-refractivity contribution >= 4 is 0 Å². The summed E-state index contributed by atoms with van der Waals surface area (Å²) < 4.78 is 8.21. The number of imidazole rings is 1. The first kappa shape index (κ1) is 18.2. The van der Waals surface area contributed by atoms with E-state index < -0.39 is 0 Å². The summed E-state index contributed by atoms with van der Waals surface area (Å²) in [6.45, 7) is 10.9. The summed E-state index contributed by atoms with van der Waals surface area (Å²) in [6.07, 6.45) is 9.20.